The Kier molecular flexibility index (Phi) is 3.71. The van der Waals surface area contributed by atoms with Crippen molar-refractivity contribution in [1.82, 2.24) is 0 Å². The van der Waals surface area contributed by atoms with Gasteiger partial charge in [-0.1, -0.05) is 17.7 Å². The van der Waals surface area contributed by atoms with Gasteiger partial charge in [0.1, 0.15) is 0 Å². The van der Waals surface area contributed by atoms with Gasteiger partial charge in [-0.25, -0.2) is 8.42 Å². The lowest BCUT2D eigenvalue weighted by atomic mass is 10.2. The predicted octanol–water partition coefficient (Wildman–Crippen LogP) is 2.38. The van der Waals surface area contributed by atoms with Crippen LogP contribution in [-0.4, -0.2) is 13.7 Å². The maximum Gasteiger partial charge on any atom is 0.182 e. The van der Waals surface area contributed by atoms with Gasteiger partial charge in [0.05, 0.1) is 22.6 Å². The van der Waals surface area contributed by atoms with Crippen molar-refractivity contribution < 1.29 is 8.42 Å². The number of nitriles is 1. The highest BCUT2D eigenvalue weighted by atomic mass is 32.2. The topological polar surface area (TPSA) is 57.9 Å². The first-order valence-electron chi connectivity index (χ1n) is 5.07. The van der Waals surface area contributed by atoms with E-state index >= 15 is 0 Å². The zero-order chi connectivity index (χ0) is 12.3. The first-order valence-corrected chi connectivity index (χ1v) is 6.62. The smallest absolute Gasteiger partial charge is 0.182 e. The molecule has 0 bridgehead atoms. The van der Waals surface area contributed by atoms with Crippen LogP contribution < -0.4 is 0 Å². The van der Waals surface area contributed by atoms with Crippen LogP contribution in [0, 0.1) is 25.2 Å². The molecule has 1 aromatic rings. The summed E-state index contributed by atoms with van der Waals surface area (Å²) in [5.74, 6) is 0. The molecule has 1 rings (SSSR count). The third-order valence-corrected chi connectivity index (χ3v) is 4.84. The molecule has 16 heavy (non-hydrogen) atoms. The molecule has 0 heterocycles. The van der Waals surface area contributed by atoms with Crippen molar-refractivity contribution in [3.05, 3.63) is 29.3 Å². The summed E-state index contributed by atoms with van der Waals surface area (Å²) < 4.78 is 24.2. The van der Waals surface area contributed by atoms with Crippen LogP contribution in [0.4, 0.5) is 0 Å². The highest BCUT2D eigenvalue weighted by Gasteiger charge is 2.24. The van der Waals surface area contributed by atoms with Gasteiger partial charge in [-0.3, -0.25) is 0 Å². The SMILES string of the molecule is Cc1ccc(S(=O)(=O)C(C)CC#N)c(C)c1. The Bertz CT molecular complexity index is 526. The van der Waals surface area contributed by atoms with Crippen LogP contribution in [0.15, 0.2) is 23.1 Å². The standard InChI is InChI=1S/C12H15NO2S/c1-9-4-5-12(10(2)8-9)16(14,15)11(3)6-7-13/h4-5,8,11H,6H2,1-3H3. The first-order chi connectivity index (χ1) is 7.39. The highest BCUT2D eigenvalue weighted by Crippen LogP contribution is 2.22. The van der Waals surface area contributed by atoms with Crippen LogP contribution >= 0.6 is 0 Å². The van der Waals surface area contributed by atoms with Gasteiger partial charge in [-0.05, 0) is 32.4 Å². The molecule has 0 N–H and O–H groups in total. The molecule has 1 atom stereocenters. The first kappa shape index (κ1) is 12.7. The van der Waals surface area contributed by atoms with E-state index in [0.29, 0.717) is 4.90 Å². The summed E-state index contributed by atoms with van der Waals surface area (Å²) in [6.07, 6.45) is 0.0235. The van der Waals surface area contributed by atoms with Crippen LogP contribution in [-0.2, 0) is 9.84 Å². The van der Waals surface area contributed by atoms with Crippen LogP contribution in [0.5, 0.6) is 0 Å². The number of rotatable bonds is 3. The molecular weight excluding hydrogens is 222 g/mol. The van der Waals surface area contributed by atoms with Gasteiger partial charge < -0.3 is 0 Å². The highest BCUT2D eigenvalue weighted by molar-refractivity contribution is 7.92. The number of aryl methyl sites for hydroxylation is 2. The molecule has 1 aromatic carbocycles. The Balaban J connectivity index is 3.23. The molecule has 1 unspecified atom stereocenters. The van der Waals surface area contributed by atoms with Crippen molar-refractivity contribution in [2.75, 3.05) is 0 Å². The van der Waals surface area contributed by atoms with Gasteiger partial charge in [-0.15, -0.1) is 0 Å². The lowest BCUT2D eigenvalue weighted by molar-refractivity contribution is 0.583. The second-order valence-electron chi connectivity index (χ2n) is 3.99. The number of hydrogen-bond acceptors (Lipinski definition) is 3. The van der Waals surface area contributed by atoms with E-state index < -0.39 is 15.1 Å². The van der Waals surface area contributed by atoms with E-state index in [-0.39, 0.29) is 6.42 Å². The van der Waals surface area contributed by atoms with Crippen molar-refractivity contribution in [2.45, 2.75) is 37.3 Å². The van der Waals surface area contributed by atoms with Crippen molar-refractivity contribution >= 4 is 9.84 Å². The molecule has 0 spiro atoms. The number of hydrogen-bond donors (Lipinski definition) is 0. The molecule has 4 heteroatoms. The fourth-order valence-corrected chi connectivity index (χ4v) is 3.07. The summed E-state index contributed by atoms with van der Waals surface area (Å²) >= 11 is 0. The average molecular weight is 237 g/mol. The van der Waals surface area contributed by atoms with Crippen LogP contribution in [0.1, 0.15) is 24.5 Å². The van der Waals surface area contributed by atoms with E-state index in [4.69, 9.17) is 5.26 Å². The zero-order valence-corrected chi connectivity index (χ0v) is 10.5. The maximum atomic E-state index is 12.1. The van der Waals surface area contributed by atoms with Crippen LogP contribution in [0.3, 0.4) is 0 Å². The van der Waals surface area contributed by atoms with Crippen LogP contribution in [0.2, 0.25) is 0 Å². The van der Waals surface area contributed by atoms with E-state index in [0.717, 1.165) is 11.1 Å². The Morgan fingerprint density at radius 1 is 1.38 bits per heavy atom. The Hall–Kier alpha value is -1.34. The van der Waals surface area contributed by atoms with Crippen molar-refractivity contribution in [1.29, 1.82) is 5.26 Å². The molecule has 0 radical (unpaired) electrons. The van der Waals surface area contributed by atoms with Gasteiger partial charge >= 0.3 is 0 Å². The fourth-order valence-electron chi connectivity index (χ4n) is 1.57. The largest absolute Gasteiger partial charge is 0.223 e. The quantitative estimate of drug-likeness (QED) is 0.811. The van der Waals surface area contributed by atoms with E-state index in [9.17, 15) is 8.42 Å². The molecule has 0 aromatic heterocycles. The number of nitrogens with zero attached hydrogens (tertiary/aromatic N) is 1. The van der Waals surface area contributed by atoms with Gasteiger partial charge in [0.25, 0.3) is 0 Å². The predicted molar refractivity (Wildman–Crippen MR) is 62.8 cm³/mol. The monoisotopic (exact) mass is 237 g/mol. The molecule has 0 fully saturated rings. The molecule has 3 nitrogen and oxygen atoms in total. The van der Waals surface area contributed by atoms with Gasteiger partial charge in [0.2, 0.25) is 0 Å². The zero-order valence-electron chi connectivity index (χ0n) is 9.69. The molecule has 0 amide bonds. The second-order valence-corrected chi connectivity index (χ2v) is 6.32. The second kappa shape index (κ2) is 4.67. The molecule has 86 valence electrons. The van der Waals surface area contributed by atoms with Crippen molar-refractivity contribution in [2.24, 2.45) is 0 Å². The third-order valence-electron chi connectivity index (χ3n) is 2.55. The number of benzene rings is 1. The van der Waals surface area contributed by atoms with E-state index in [2.05, 4.69) is 0 Å². The molecule has 0 aliphatic heterocycles. The Labute approximate surface area is 96.6 Å². The third kappa shape index (κ3) is 2.42. The normalized spacial score (nSPS) is 13.1. The van der Waals surface area contributed by atoms with E-state index in [1.54, 1.807) is 26.0 Å². The van der Waals surface area contributed by atoms with Gasteiger partial charge in [0, 0.05) is 0 Å². The maximum absolute atomic E-state index is 12.1. The summed E-state index contributed by atoms with van der Waals surface area (Å²) in [4.78, 5) is 0.334. The van der Waals surface area contributed by atoms with Crippen molar-refractivity contribution in [3.63, 3.8) is 0 Å². The fraction of sp³-hybridized carbons (Fsp3) is 0.417. The summed E-state index contributed by atoms with van der Waals surface area (Å²) in [5, 5.41) is 7.89. The van der Waals surface area contributed by atoms with E-state index in [1.165, 1.54) is 0 Å². The average Bonchev–Trinajstić information content (AvgIpc) is 2.17. The lowest BCUT2D eigenvalue weighted by Gasteiger charge is -2.12. The summed E-state index contributed by atoms with van der Waals surface area (Å²) in [5.41, 5.74) is 1.77. The minimum Gasteiger partial charge on any atom is -0.223 e. The molecule has 0 saturated carbocycles. The minimum atomic E-state index is -3.37. The minimum absolute atomic E-state index is 0.0235. The summed E-state index contributed by atoms with van der Waals surface area (Å²) in [7, 11) is -3.37. The Morgan fingerprint density at radius 2 is 2.00 bits per heavy atom. The van der Waals surface area contributed by atoms with Gasteiger partial charge in [0.15, 0.2) is 9.84 Å². The van der Waals surface area contributed by atoms with Crippen LogP contribution in [0.25, 0.3) is 0 Å². The molecule has 0 aliphatic rings. The molecule has 0 saturated heterocycles. The van der Waals surface area contributed by atoms with Crippen molar-refractivity contribution in [3.8, 4) is 6.07 Å². The summed E-state index contributed by atoms with van der Waals surface area (Å²) in [6.45, 7) is 5.26. The van der Waals surface area contributed by atoms with Gasteiger partial charge in [-0.2, -0.15) is 5.26 Å². The molecular formula is C12H15NO2S. The number of sulfone groups is 1. The lowest BCUT2D eigenvalue weighted by Crippen LogP contribution is -2.18. The van der Waals surface area contributed by atoms with E-state index in [1.807, 2.05) is 19.1 Å². The molecule has 0 aliphatic carbocycles. The summed E-state index contributed by atoms with van der Waals surface area (Å²) in [6, 6.07) is 7.13. The Morgan fingerprint density at radius 3 is 2.50 bits per heavy atom.